The zero-order valence-electron chi connectivity index (χ0n) is 12.8. The first kappa shape index (κ1) is 15.5. The third-order valence-electron chi connectivity index (χ3n) is 4.34. The molecule has 2 rings (SSSR count). The summed E-state index contributed by atoms with van der Waals surface area (Å²) in [7, 11) is 0. The highest BCUT2D eigenvalue weighted by Crippen LogP contribution is 2.30. The minimum absolute atomic E-state index is 0.0712. The van der Waals surface area contributed by atoms with Gasteiger partial charge >= 0.3 is 0 Å². The maximum Gasteiger partial charge on any atom is 0.126 e. The molecular formula is C17H27FN2. The molecule has 112 valence electrons. The molecule has 1 aromatic carbocycles. The van der Waals surface area contributed by atoms with Crippen LogP contribution < -0.4 is 5.32 Å². The second-order valence-electron chi connectivity index (χ2n) is 5.75. The Labute approximate surface area is 122 Å². The number of halogens is 1. The van der Waals surface area contributed by atoms with Gasteiger partial charge < -0.3 is 5.32 Å². The number of unbranched alkanes of at least 4 members (excludes halogenated alkanes) is 2. The van der Waals surface area contributed by atoms with Crippen molar-refractivity contribution < 1.29 is 4.39 Å². The van der Waals surface area contributed by atoms with Gasteiger partial charge in [0, 0.05) is 32.2 Å². The monoisotopic (exact) mass is 278 g/mol. The van der Waals surface area contributed by atoms with Crippen molar-refractivity contribution in [2.24, 2.45) is 0 Å². The van der Waals surface area contributed by atoms with Crippen molar-refractivity contribution in [1.29, 1.82) is 0 Å². The molecule has 0 saturated carbocycles. The molecule has 3 heteroatoms. The molecule has 1 fully saturated rings. The average Bonchev–Trinajstić information content (AvgIpc) is 2.48. The highest BCUT2D eigenvalue weighted by atomic mass is 19.1. The van der Waals surface area contributed by atoms with Crippen molar-refractivity contribution in [2.75, 3.05) is 26.2 Å². The molecule has 1 N–H and O–H groups in total. The van der Waals surface area contributed by atoms with Gasteiger partial charge in [0.2, 0.25) is 0 Å². The van der Waals surface area contributed by atoms with Gasteiger partial charge in [-0.05, 0) is 30.5 Å². The number of hydrogen-bond acceptors (Lipinski definition) is 2. The molecule has 0 aliphatic carbocycles. The molecule has 0 aromatic heterocycles. The van der Waals surface area contributed by atoms with Crippen molar-refractivity contribution in [3.8, 4) is 0 Å². The highest BCUT2D eigenvalue weighted by molar-refractivity contribution is 5.30. The summed E-state index contributed by atoms with van der Waals surface area (Å²) in [5.74, 6) is -0.0712. The molecular weight excluding hydrogens is 251 g/mol. The fraction of sp³-hybridized carbons (Fsp3) is 0.647. The largest absolute Gasteiger partial charge is 0.314 e. The molecule has 1 aromatic rings. The standard InChI is InChI=1S/C17H27FN2/c1-3-4-5-9-17(20-12-10-19-11-13-20)15-7-6-8-16(18)14(15)2/h6-8,17,19H,3-5,9-13H2,1-2H3/t17-/m1/s1. The van der Waals surface area contributed by atoms with Crippen molar-refractivity contribution in [3.05, 3.63) is 35.1 Å². The summed E-state index contributed by atoms with van der Waals surface area (Å²) in [6.07, 6.45) is 4.85. The van der Waals surface area contributed by atoms with E-state index in [4.69, 9.17) is 0 Å². The van der Waals surface area contributed by atoms with Gasteiger partial charge in [-0.3, -0.25) is 4.90 Å². The van der Waals surface area contributed by atoms with Gasteiger partial charge in [-0.15, -0.1) is 0 Å². The third-order valence-corrected chi connectivity index (χ3v) is 4.34. The van der Waals surface area contributed by atoms with E-state index in [1.54, 1.807) is 6.07 Å². The van der Waals surface area contributed by atoms with E-state index in [0.29, 0.717) is 6.04 Å². The molecule has 1 saturated heterocycles. The van der Waals surface area contributed by atoms with Crippen LogP contribution in [0.15, 0.2) is 18.2 Å². The van der Waals surface area contributed by atoms with Crippen molar-refractivity contribution in [3.63, 3.8) is 0 Å². The van der Waals surface area contributed by atoms with Gasteiger partial charge in [0.25, 0.3) is 0 Å². The molecule has 1 aliphatic heterocycles. The van der Waals surface area contributed by atoms with E-state index < -0.39 is 0 Å². The molecule has 0 bridgehead atoms. The number of nitrogens with one attached hydrogen (secondary N) is 1. The number of rotatable bonds is 6. The summed E-state index contributed by atoms with van der Waals surface area (Å²) >= 11 is 0. The van der Waals surface area contributed by atoms with Gasteiger partial charge in [-0.2, -0.15) is 0 Å². The van der Waals surface area contributed by atoms with E-state index in [-0.39, 0.29) is 5.82 Å². The van der Waals surface area contributed by atoms with Crippen LogP contribution in [0.1, 0.15) is 49.8 Å². The Kier molecular flexibility index (Phi) is 5.99. The summed E-state index contributed by atoms with van der Waals surface area (Å²) in [5, 5.41) is 3.40. The Morgan fingerprint density at radius 1 is 1.25 bits per heavy atom. The molecule has 0 radical (unpaired) electrons. The van der Waals surface area contributed by atoms with Crippen LogP contribution in [0.4, 0.5) is 4.39 Å². The number of nitrogens with zero attached hydrogens (tertiary/aromatic N) is 1. The normalized spacial score (nSPS) is 18.1. The van der Waals surface area contributed by atoms with E-state index in [0.717, 1.165) is 38.2 Å². The molecule has 0 amide bonds. The average molecular weight is 278 g/mol. The molecule has 1 aliphatic rings. The molecule has 0 spiro atoms. The van der Waals surface area contributed by atoms with E-state index in [1.165, 1.54) is 24.8 Å². The first-order valence-electron chi connectivity index (χ1n) is 7.93. The summed E-state index contributed by atoms with van der Waals surface area (Å²) in [6.45, 7) is 8.35. The summed E-state index contributed by atoms with van der Waals surface area (Å²) in [5.41, 5.74) is 2.01. The smallest absolute Gasteiger partial charge is 0.126 e. The molecule has 1 atom stereocenters. The maximum absolute atomic E-state index is 13.9. The van der Waals surface area contributed by atoms with Crippen LogP contribution in [-0.4, -0.2) is 31.1 Å². The second-order valence-corrected chi connectivity index (χ2v) is 5.75. The van der Waals surface area contributed by atoms with E-state index in [1.807, 2.05) is 13.0 Å². The number of benzene rings is 1. The Bertz CT molecular complexity index is 413. The van der Waals surface area contributed by atoms with Crippen LogP contribution in [0.25, 0.3) is 0 Å². The Hall–Kier alpha value is -0.930. The van der Waals surface area contributed by atoms with Crippen LogP contribution in [0, 0.1) is 12.7 Å². The van der Waals surface area contributed by atoms with Gasteiger partial charge in [-0.1, -0.05) is 38.3 Å². The molecule has 0 unspecified atom stereocenters. The van der Waals surface area contributed by atoms with E-state index in [9.17, 15) is 4.39 Å². The lowest BCUT2D eigenvalue weighted by Gasteiger charge is -2.36. The third kappa shape index (κ3) is 3.80. The second kappa shape index (κ2) is 7.75. The molecule has 1 heterocycles. The van der Waals surface area contributed by atoms with Gasteiger partial charge in [0.1, 0.15) is 5.82 Å². The van der Waals surface area contributed by atoms with Crippen LogP contribution >= 0.6 is 0 Å². The zero-order valence-corrected chi connectivity index (χ0v) is 12.8. The zero-order chi connectivity index (χ0) is 14.4. The maximum atomic E-state index is 13.9. The quantitative estimate of drug-likeness (QED) is 0.799. The molecule has 20 heavy (non-hydrogen) atoms. The number of hydrogen-bond donors (Lipinski definition) is 1. The Morgan fingerprint density at radius 3 is 2.70 bits per heavy atom. The van der Waals surface area contributed by atoms with Crippen molar-refractivity contribution >= 4 is 0 Å². The molecule has 2 nitrogen and oxygen atoms in total. The SMILES string of the molecule is CCCCC[C@H](c1cccc(F)c1C)N1CCNCC1. The Balaban J connectivity index is 2.17. The van der Waals surface area contributed by atoms with Crippen molar-refractivity contribution in [2.45, 2.75) is 45.6 Å². The van der Waals surface area contributed by atoms with Crippen LogP contribution in [0.2, 0.25) is 0 Å². The minimum atomic E-state index is -0.0712. The van der Waals surface area contributed by atoms with Crippen LogP contribution in [0.5, 0.6) is 0 Å². The lowest BCUT2D eigenvalue weighted by Crippen LogP contribution is -2.45. The predicted octanol–water partition coefficient (Wildman–Crippen LogP) is 3.66. The van der Waals surface area contributed by atoms with Gasteiger partial charge in [0.15, 0.2) is 0 Å². The van der Waals surface area contributed by atoms with Crippen LogP contribution in [-0.2, 0) is 0 Å². The minimum Gasteiger partial charge on any atom is -0.314 e. The van der Waals surface area contributed by atoms with Gasteiger partial charge in [-0.25, -0.2) is 4.39 Å². The summed E-state index contributed by atoms with van der Waals surface area (Å²) in [4.78, 5) is 2.52. The lowest BCUT2D eigenvalue weighted by atomic mass is 9.94. The Morgan fingerprint density at radius 2 is 2.00 bits per heavy atom. The summed E-state index contributed by atoms with van der Waals surface area (Å²) in [6, 6.07) is 5.91. The number of piperazine rings is 1. The first-order valence-corrected chi connectivity index (χ1v) is 7.93. The van der Waals surface area contributed by atoms with E-state index in [2.05, 4.69) is 23.2 Å². The fourth-order valence-electron chi connectivity index (χ4n) is 3.10. The van der Waals surface area contributed by atoms with Crippen molar-refractivity contribution in [1.82, 2.24) is 10.2 Å². The topological polar surface area (TPSA) is 15.3 Å². The lowest BCUT2D eigenvalue weighted by molar-refractivity contribution is 0.162. The van der Waals surface area contributed by atoms with E-state index >= 15 is 0 Å². The summed E-state index contributed by atoms with van der Waals surface area (Å²) < 4.78 is 13.9. The highest BCUT2D eigenvalue weighted by Gasteiger charge is 2.23. The first-order chi connectivity index (χ1) is 9.74. The van der Waals surface area contributed by atoms with Gasteiger partial charge in [0.05, 0.1) is 0 Å². The fourth-order valence-corrected chi connectivity index (χ4v) is 3.10. The predicted molar refractivity (Wildman–Crippen MR) is 82.5 cm³/mol. The van der Waals surface area contributed by atoms with Crippen LogP contribution in [0.3, 0.4) is 0 Å².